The van der Waals surface area contributed by atoms with E-state index in [9.17, 15) is 4.79 Å². The molecule has 1 aliphatic rings. The topological polar surface area (TPSA) is 66.5 Å². The average molecular weight is 354 g/mol. The molecule has 0 radical (unpaired) electrons. The van der Waals surface area contributed by atoms with Gasteiger partial charge in [-0.25, -0.2) is 9.78 Å². The van der Waals surface area contributed by atoms with Gasteiger partial charge in [0.15, 0.2) is 0 Å². The van der Waals surface area contributed by atoms with Crippen molar-refractivity contribution in [3.05, 3.63) is 48.2 Å². The molecule has 2 heterocycles. The smallest absolute Gasteiger partial charge is 0.319 e. The number of hydrogen-bond acceptors (Lipinski definition) is 4. The van der Waals surface area contributed by atoms with Crippen molar-refractivity contribution in [3.63, 3.8) is 0 Å². The molecule has 0 unspecified atom stereocenters. The van der Waals surface area contributed by atoms with E-state index in [1.54, 1.807) is 31.4 Å². The molecule has 6 nitrogen and oxygen atoms in total. The van der Waals surface area contributed by atoms with Gasteiger partial charge < -0.3 is 20.3 Å². The first-order valence-corrected chi connectivity index (χ1v) is 9.13. The Bertz CT molecular complexity index is 693. The van der Waals surface area contributed by atoms with Gasteiger partial charge in [-0.1, -0.05) is 18.9 Å². The zero-order valence-electron chi connectivity index (χ0n) is 15.2. The van der Waals surface area contributed by atoms with Gasteiger partial charge in [0.2, 0.25) is 0 Å². The predicted octanol–water partition coefficient (Wildman–Crippen LogP) is 3.79. The summed E-state index contributed by atoms with van der Waals surface area (Å²) in [6.07, 6.45) is 6.92. The number of hydrogen-bond donors (Lipinski definition) is 2. The lowest BCUT2D eigenvalue weighted by Crippen LogP contribution is -2.28. The summed E-state index contributed by atoms with van der Waals surface area (Å²) in [6, 6.07) is 11.0. The third-order valence-electron chi connectivity index (χ3n) is 4.54. The highest BCUT2D eigenvalue weighted by Gasteiger charge is 2.11. The monoisotopic (exact) mass is 354 g/mol. The Morgan fingerprint density at radius 3 is 2.42 bits per heavy atom. The van der Waals surface area contributed by atoms with Crippen LogP contribution in [0.4, 0.5) is 16.3 Å². The van der Waals surface area contributed by atoms with E-state index in [0.29, 0.717) is 6.54 Å². The number of nitrogens with zero attached hydrogens (tertiary/aromatic N) is 2. The maximum atomic E-state index is 12.0. The van der Waals surface area contributed by atoms with E-state index in [2.05, 4.69) is 20.5 Å². The molecule has 3 rings (SSSR count). The molecule has 2 aromatic rings. The number of pyridine rings is 1. The second-order valence-electron chi connectivity index (χ2n) is 6.46. The molecule has 0 saturated carbocycles. The molecule has 0 atom stereocenters. The number of amides is 2. The number of carbonyl (C=O) groups is 1. The fraction of sp³-hybridized carbons (Fsp3) is 0.400. The lowest BCUT2D eigenvalue weighted by molar-refractivity contribution is 0.251. The van der Waals surface area contributed by atoms with Crippen LogP contribution in [0.2, 0.25) is 0 Å². The Morgan fingerprint density at radius 2 is 1.81 bits per heavy atom. The van der Waals surface area contributed by atoms with E-state index in [1.807, 2.05) is 18.3 Å². The van der Waals surface area contributed by atoms with Crippen molar-refractivity contribution < 1.29 is 9.53 Å². The van der Waals surface area contributed by atoms with Gasteiger partial charge in [-0.15, -0.1) is 0 Å². The molecule has 1 aliphatic heterocycles. The van der Waals surface area contributed by atoms with Crippen molar-refractivity contribution in [1.29, 1.82) is 0 Å². The third-order valence-corrected chi connectivity index (χ3v) is 4.54. The van der Waals surface area contributed by atoms with E-state index in [1.165, 1.54) is 25.7 Å². The minimum absolute atomic E-state index is 0.244. The summed E-state index contributed by atoms with van der Waals surface area (Å²) in [5.41, 5.74) is 1.70. The molecule has 1 saturated heterocycles. The Balaban J connectivity index is 1.48. The van der Waals surface area contributed by atoms with Crippen molar-refractivity contribution in [2.24, 2.45) is 0 Å². The van der Waals surface area contributed by atoms with Gasteiger partial charge in [-0.3, -0.25) is 0 Å². The lowest BCUT2D eigenvalue weighted by atomic mass is 10.2. The Labute approximate surface area is 154 Å². The van der Waals surface area contributed by atoms with Crippen LogP contribution in [0, 0.1) is 0 Å². The molecule has 2 amide bonds. The summed E-state index contributed by atoms with van der Waals surface area (Å²) < 4.78 is 5.10. The molecular formula is C20H26N4O2. The number of urea groups is 1. The minimum Gasteiger partial charge on any atom is -0.497 e. The van der Waals surface area contributed by atoms with Gasteiger partial charge in [-0.05, 0) is 48.7 Å². The number of aromatic nitrogens is 1. The van der Waals surface area contributed by atoms with E-state index in [0.717, 1.165) is 35.9 Å². The zero-order valence-corrected chi connectivity index (χ0v) is 15.2. The molecule has 138 valence electrons. The number of ether oxygens (including phenoxy) is 1. The van der Waals surface area contributed by atoms with Gasteiger partial charge in [-0.2, -0.15) is 0 Å². The molecule has 0 bridgehead atoms. The summed E-state index contributed by atoms with van der Waals surface area (Å²) in [5.74, 6) is 1.78. The van der Waals surface area contributed by atoms with Gasteiger partial charge in [0.25, 0.3) is 0 Å². The second kappa shape index (κ2) is 9.08. The summed E-state index contributed by atoms with van der Waals surface area (Å²) in [4.78, 5) is 18.9. The first-order chi connectivity index (χ1) is 12.7. The Morgan fingerprint density at radius 1 is 1.08 bits per heavy atom. The molecule has 0 spiro atoms. The standard InChI is InChI=1S/C20H26N4O2/c1-26-18-9-7-17(8-10-18)23-20(25)22-15-16-6-11-19(21-14-16)24-12-4-2-3-5-13-24/h6-11,14H,2-5,12-13,15H2,1H3,(H2,22,23,25). The number of carbonyl (C=O) groups excluding carboxylic acids is 1. The number of methoxy groups -OCH3 is 1. The largest absolute Gasteiger partial charge is 0.497 e. The van der Waals surface area contributed by atoms with Crippen molar-refractivity contribution in [1.82, 2.24) is 10.3 Å². The van der Waals surface area contributed by atoms with Gasteiger partial charge in [0, 0.05) is 31.5 Å². The molecule has 2 N–H and O–H groups in total. The lowest BCUT2D eigenvalue weighted by Gasteiger charge is -2.21. The Hall–Kier alpha value is -2.76. The van der Waals surface area contributed by atoms with Crippen molar-refractivity contribution in [2.45, 2.75) is 32.2 Å². The summed E-state index contributed by atoms with van der Waals surface area (Å²) in [5, 5.41) is 5.65. The highest BCUT2D eigenvalue weighted by Crippen LogP contribution is 2.17. The fourth-order valence-electron chi connectivity index (χ4n) is 3.04. The van der Waals surface area contributed by atoms with E-state index in [4.69, 9.17) is 4.74 Å². The molecular weight excluding hydrogens is 328 g/mol. The Kier molecular flexibility index (Phi) is 6.30. The molecule has 0 aliphatic carbocycles. The molecule has 1 aromatic carbocycles. The van der Waals surface area contributed by atoms with Crippen LogP contribution in [-0.2, 0) is 6.54 Å². The van der Waals surface area contributed by atoms with Crippen LogP contribution < -0.4 is 20.3 Å². The number of anilines is 2. The van der Waals surface area contributed by atoms with Gasteiger partial charge >= 0.3 is 6.03 Å². The fourth-order valence-corrected chi connectivity index (χ4v) is 3.04. The van der Waals surface area contributed by atoms with Crippen LogP contribution in [0.5, 0.6) is 5.75 Å². The van der Waals surface area contributed by atoms with Crippen LogP contribution in [0.15, 0.2) is 42.6 Å². The van der Waals surface area contributed by atoms with Crippen molar-refractivity contribution >= 4 is 17.5 Å². The third kappa shape index (κ3) is 5.12. The maximum Gasteiger partial charge on any atom is 0.319 e. The normalized spacial score (nSPS) is 14.4. The summed E-state index contributed by atoms with van der Waals surface area (Å²) in [6.45, 7) is 2.60. The van der Waals surface area contributed by atoms with Crippen LogP contribution >= 0.6 is 0 Å². The first-order valence-electron chi connectivity index (χ1n) is 9.13. The van der Waals surface area contributed by atoms with E-state index >= 15 is 0 Å². The molecule has 26 heavy (non-hydrogen) atoms. The van der Waals surface area contributed by atoms with Gasteiger partial charge in [0.05, 0.1) is 7.11 Å². The van der Waals surface area contributed by atoms with Gasteiger partial charge in [0.1, 0.15) is 11.6 Å². The van der Waals surface area contributed by atoms with Crippen LogP contribution in [0.25, 0.3) is 0 Å². The second-order valence-corrected chi connectivity index (χ2v) is 6.46. The first kappa shape index (κ1) is 18.0. The van der Waals surface area contributed by atoms with Crippen LogP contribution in [-0.4, -0.2) is 31.2 Å². The number of benzene rings is 1. The van der Waals surface area contributed by atoms with E-state index in [-0.39, 0.29) is 6.03 Å². The SMILES string of the molecule is COc1ccc(NC(=O)NCc2ccc(N3CCCCCC3)nc2)cc1. The highest BCUT2D eigenvalue weighted by atomic mass is 16.5. The predicted molar refractivity (Wildman–Crippen MR) is 104 cm³/mol. The van der Waals surface area contributed by atoms with Crippen molar-refractivity contribution in [3.8, 4) is 5.75 Å². The molecule has 1 aromatic heterocycles. The summed E-state index contributed by atoms with van der Waals surface area (Å²) >= 11 is 0. The van der Waals surface area contributed by atoms with Crippen LogP contribution in [0.3, 0.4) is 0 Å². The van der Waals surface area contributed by atoms with Crippen molar-refractivity contribution in [2.75, 3.05) is 30.4 Å². The quantitative estimate of drug-likeness (QED) is 0.857. The highest BCUT2D eigenvalue weighted by molar-refractivity contribution is 5.89. The number of nitrogens with one attached hydrogen (secondary N) is 2. The zero-order chi connectivity index (χ0) is 18.2. The number of rotatable bonds is 5. The maximum absolute atomic E-state index is 12.0. The molecule has 6 heteroatoms. The van der Waals surface area contributed by atoms with Crippen LogP contribution in [0.1, 0.15) is 31.2 Å². The molecule has 1 fully saturated rings. The summed E-state index contributed by atoms with van der Waals surface area (Å²) in [7, 11) is 1.61. The minimum atomic E-state index is -0.244. The average Bonchev–Trinajstić information content (AvgIpc) is 2.97. The van der Waals surface area contributed by atoms with E-state index < -0.39 is 0 Å².